The Balaban J connectivity index is 0.00000100. The maximum absolute atomic E-state index is 13.7. The average Bonchev–Trinajstić information content (AvgIpc) is 3.39. The van der Waals surface area contributed by atoms with Crippen molar-refractivity contribution in [1.82, 2.24) is 19.5 Å². The highest BCUT2D eigenvalue weighted by Crippen LogP contribution is 2.29. The van der Waals surface area contributed by atoms with Crippen LogP contribution in [0.1, 0.15) is 65.4 Å². The van der Waals surface area contributed by atoms with E-state index in [2.05, 4.69) is 20.3 Å². The van der Waals surface area contributed by atoms with Crippen LogP contribution in [0.25, 0.3) is 16.6 Å². The predicted molar refractivity (Wildman–Crippen MR) is 160 cm³/mol. The number of hydrogen-bond acceptors (Lipinski definition) is 8. The predicted octanol–water partition coefficient (Wildman–Crippen LogP) is 6.19. The molecule has 1 aliphatic rings. The van der Waals surface area contributed by atoms with Crippen LogP contribution in [0.3, 0.4) is 0 Å². The number of nitrogens with two attached hydrogens (primary N) is 1. The van der Waals surface area contributed by atoms with Gasteiger partial charge in [-0.2, -0.15) is 0 Å². The minimum absolute atomic E-state index is 0.00888. The lowest BCUT2D eigenvalue weighted by molar-refractivity contribution is 0.324. The summed E-state index contributed by atoms with van der Waals surface area (Å²) in [6.07, 6.45) is 1.98. The minimum Gasteiger partial charge on any atom is -0.475 e. The van der Waals surface area contributed by atoms with E-state index < -0.39 is 6.04 Å². The van der Waals surface area contributed by atoms with Gasteiger partial charge in [0.1, 0.15) is 36.0 Å². The maximum atomic E-state index is 13.7. The van der Waals surface area contributed by atoms with Crippen LogP contribution < -0.4 is 16.6 Å². The molecule has 2 atom stereocenters. The fourth-order valence-corrected chi connectivity index (χ4v) is 4.36. The smallest absolute Gasteiger partial charge is 0.267 e. The number of ether oxygens (including phenoxy) is 1. The topological polar surface area (TPSA) is 120 Å². The molecule has 3 heterocycles. The van der Waals surface area contributed by atoms with Gasteiger partial charge in [-0.15, -0.1) is 0 Å². The fourth-order valence-electron chi connectivity index (χ4n) is 4.11. The van der Waals surface area contributed by atoms with E-state index in [4.69, 9.17) is 27.1 Å². The van der Waals surface area contributed by atoms with E-state index >= 15 is 0 Å². The first-order valence-corrected chi connectivity index (χ1v) is 13.7. The number of aromatic nitrogens is 4. The van der Waals surface area contributed by atoms with Gasteiger partial charge in [0.2, 0.25) is 5.90 Å². The van der Waals surface area contributed by atoms with Crippen molar-refractivity contribution in [3.05, 3.63) is 81.6 Å². The van der Waals surface area contributed by atoms with Crippen LogP contribution in [-0.2, 0) is 4.74 Å². The number of hydrogen-bond donors (Lipinski definition) is 2. The van der Waals surface area contributed by atoms with Crippen molar-refractivity contribution in [2.75, 3.05) is 17.7 Å². The highest BCUT2D eigenvalue weighted by molar-refractivity contribution is 6.35. The number of nitrogen functional groups attached to an aromatic ring is 1. The molecule has 2 aromatic carbocycles. The standard InChI is InChI=1S/C25H24ClN7O2.2C2H6/c1-3-17(31-22-20(21(27)28-13-29-22)24-30-14(2)12-35-24)23-32-18-11-7-10-16(26)19(18)25(34)33(23)15-8-5-4-6-9-15;2*1-2/h4-11,13-14,17H,3,12H2,1-2H3,(H3,27,28,29,31);2*1-2H3/t14?,17-;;/m0../s1. The maximum Gasteiger partial charge on any atom is 0.267 e. The van der Waals surface area contributed by atoms with Crippen molar-refractivity contribution in [3.8, 4) is 5.69 Å². The molecule has 0 spiro atoms. The third kappa shape index (κ3) is 6.20. The normalized spacial score (nSPS) is 14.7. The van der Waals surface area contributed by atoms with Gasteiger partial charge in [0, 0.05) is 0 Å². The highest BCUT2D eigenvalue weighted by atomic mass is 35.5. The quantitative estimate of drug-likeness (QED) is 0.294. The van der Waals surface area contributed by atoms with E-state index in [1.165, 1.54) is 6.33 Å². The number of para-hydroxylation sites is 1. The summed E-state index contributed by atoms with van der Waals surface area (Å²) < 4.78 is 7.33. The van der Waals surface area contributed by atoms with E-state index in [0.29, 0.717) is 57.7 Å². The molecule has 39 heavy (non-hydrogen) atoms. The number of rotatable bonds is 6. The molecule has 9 nitrogen and oxygen atoms in total. The number of nitrogens with one attached hydrogen (secondary N) is 1. The molecule has 4 aromatic rings. The van der Waals surface area contributed by atoms with E-state index in [-0.39, 0.29) is 17.4 Å². The minimum atomic E-state index is -0.404. The molecule has 2 aromatic heterocycles. The molecule has 0 aliphatic carbocycles. The lowest BCUT2D eigenvalue weighted by Gasteiger charge is -2.23. The van der Waals surface area contributed by atoms with Gasteiger partial charge in [-0.3, -0.25) is 9.36 Å². The first-order chi connectivity index (χ1) is 19.0. The Bertz CT molecular complexity index is 1490. The van der Waals surface area contributed by atoms with Crippen molar-refractivity contribution in [3.63, 3.8) is 0 Å². The summed E-state index contributed by atoms with van der Waals surface area (Å²) in [5.41, 5.74) is 7.65. The molecule has 1 aliphatic heterocycles. The van der Waals surface area contributed by atoms with Gasteiger partial charge < -0.3 is 15.8 Å². The van der Waals surface area contributed by atoms with Crippen LogP contribution in [-0.4, -0.2) is 38.1 Å². The zero-order valence-electron chi connectivity index (χ0n) is 23.3. The van der Waals surface area contributed by atoms with Crippen molar-refractivity contribution in [2.45, 2.75) is 60.0 Å². The Morgan fingerprint density at radius 1 is 1.10 bits per heavy atom. The summed E-state index contributed by atoms with van der Waals surface area (Å²) in [4.78, 5) is 31.7. The average molecular weight is 550 g/mol. The molecule has 1 unspecified atom stereocenters. The van der Waals surface area contributed by atoms with E-state index in [9.17, 15) is 4.79 Å². The molecule has 5 rings (SSSR count). The van der Waals surface area contributed by atoms with Crippen molar-refractivity contribution >= 4 is 40.0 Å². The molecular weight excluding hydrogens is 514 g/mol. The van der Waals surface area contributed by atoms with Gasteiger partial charge in [-0.25, -0.2) is 19.9 Å². The van der Waals surface area contributed by atoms with Gasteiger partial charge in [0.25, 0.3) is 5.56 Å². The summed E-state index contributed by atoms with van der Waals surface area (Å²) in [5, 5.41) is 4.14. The first kappa shape index (κ1) is 29.6. The number of aliphatic imine (C=N–C) groups is 1. The number of nitrogens with zero attached hydrogens (tertiary/aromatic N) is 5. The molecule has 0 bridgehead atoms. The van der Waals surface area contributed by atoms with Crippen molar-refractivity contribution < 1.29 is 4.74 Å². The second-order valence-electron chi connectivity index (χ2n) is 8.26. The molecule has 10 heteroatoms. The summed E-state index contributed by atoms with van der Waals surface area (Å²) >= 11 is 6.41. The van der Waals surface area contributed by atoms with Crippen LogP contribution in [0.5, 0.6) is 0 Å². The number of halogens is 1. The number of anilines is 2. The molecule has 206 valence electrons. The van der Waals surface area contributed by atoms with Crippen LogP contribution in [0.2, 0.25) is 5.02 Å². The van der Waals surface area contributed by atoms with Crippen LogP contribution in [0.4, 0.5) is 11.6 Å². The van der Waals surface area contributed by atoms with E-state index in [1.54, 1.807) is 22.8 Å². The Kier molecular flexibility index (Phi) is 10.4. The van der Waals surface area contributed by atoms with Gasteiger partial charge in [0.15, 0.2) is 0 Å². The Morgan fingerprint density at radius 3 is 2.46 bits per heavy atom. The second kappa shape index (κ2) is 13.7. The zero-order valence-corrected chi connectivity index (χ0v) is 24.0. The Hall–Kier alpha value is -3.98. The van der Waals surface area contributed by atoms with Gasteiger partial charge >= 0.3 is 0 Å². The van der Waals surface area contributed by atoms with Crippen molar-refractivity contribution in [2.24, 2.45) is 4.99 Å². The summed E-state index contributed by atoms with van der Waals surface area (Å²) in [6, 6.07) is 14.2. The van der Waals surface area contributed by atoms with Gasteiger partial charge in [-0.05, 0) is 37.6 Å². The monoisotopic (exact) mass is 549 g/mol. The molecule has 3 N–H and O–H groups in total. The number of fused-ring (bicyclic) bond motifs is 1. The largest absolute Gasteiger partial charge is 0.475 e. The third-order valence-electron chi connectivity index (χ3n) is 5.81. The molecule has 0 amide bonds. The Morgan fingerprint density at radius 2 is 1.82 bits per heavy atom. The molecule has 0 saturated heterocycles. The molecule has 0 fully saturated rings. The lowest BCUT2D eigenvalue weighted by atomic mass is 10.1. The summed E-state index contributed by atoms with van der Waals surface area (Å²) in [6.45, 7) is 12.4. The molecule has 0 radical (unpaired) electrons. The second-order valence-corrected chi connectivity index (χ2v) is 8.67. The summed E-state index contributed by atoms with van der Waals surface area (Å²) in [5.74, 6) is 1.62. The zero-order chi connectivity index (χ0) is 28.5. The van der Waals surface area contributed by atoms with Crippen LogP contribution in [0.15, 0.2) is 64.6 Å². The van der Waals surface area contributed by atoms with Crippen LogP contribution >= 0.6 is 11.6 Å². The van der Waals surface area contributed by atoms with Gasteiger partial charge in [0.05, 0.1) is 33.7 Å². The molecule has 0 saturated carbocycles. The van der Waals surface area contributed by atoms with Crippen molar-refractivity contribution in [1.29, 1.82) is 0 Å². The SMILES string of the molecule is CC.CC.CC[C@H](Nc1ncnc(N)c1C1=NC(C)CO1)c1nc2cccc(Cl)c2c(=O)n1-c1ccccc1. The first-order valence-electron chi connectivity index (χ1n) is 13.3. The van der Waals surface area contributed by atoms with E-state index in [0.717, 1.165) is 0 Å². The van der Waals surface area contributed by atoms with E-state index in [1.807, 2.05) is 71.9 Å². The Labute approximate surface area is 234 Å². The van der Waals surface area contributed by atoms with Gasteiger partial charge in [-0.1, -0.05) is 70.5 Å². The van der Waals surface area contributed by atoms with Crippen LogP contribution in [0, 0.1) is 0 Å². The summed E-state index contributed by atoms with van der Waals surface area (Å²) in [7, 11) is 0. The molecular formula is C29H36ClN7O2. The third-order valence-corrected chi connectivity index (χ3v) is 6.12. The lowest BCUT2D eigenvalue weighted by Crippen LogP contribution is -2.29. The number of benzene rings is 2. The highest BCUT2D eigenvalue weighted by Gasteiger charge is 2.27. The fraction of sp³-hybridized carbons (Fsp3) is 0.345.